The zero-order valence-corrected chi connectivity index (χ0v) is 19.2. The van der Waals surface area contributed by atoms with Crippen LogP contribution in [0.3, 0.4) is 0 Å². The fourth-order valence-electron chi connectivity index (χ4n) is 2.17. The van der Waals surface area contributed by atoms with Gasteiger partial charge in [0.15, 0.2) is 16.6 Å². The zero-order valence-electron chi connectivity index (χ0n) is 17.2. The van der Waals surface area contributed by atoms with Gasteiger partial charge in [0.05, 0.1) is 0 Å². The second kappa shape index (κ2) is 6.56. The quantitative estimate of drug-likeness (QED) is 0.647. The van der Waals surface area contributed by atoms with E-state index in [4.69, 9.17) is 8.85 Å². The molecule has 0 aromatic carbocycles. The first-order valence-corrected chi connectivity index (χ1v) is 14.8. The van der Waals surface area contributed by atoms with E-state index in [1.54, 1.807) is 0 Å². The molecule has 0 heterocycles. The molecule has 0 spiro atoms. The van der Waals surface area contributed by atoms with E-state index in [9.17, 15) is 5.11 Å². The fourth-order valence-corrected chi connectivity index (χ4v) is 4.33. The number of hydrogen-bond donors (Lipinski definition) is 1. The Balaban J connectivity index is 2.72. The van der Waals surface area contributed by atoms with Crippen LogP contribution in [-0.4, -0.2) is 41.6 Å². The number of hydrogen-bond acceptors (Lipinski definition) is 3. The third-order valence-corrected chi connectivity index (χ3v) is 15.6. The molecule has 0 amide bonds. The second-order valence-corrected chi connectivity index (χ2v) is 20.2. The minimum atomic E-state index is -1.75. The topological polar surface area (TPSA) is 38.7 Å². The molecule has 1 aliphatic carbocycles. The Labute approximate surface area is 146 Å². The summed E-state index contributed by atoms with van der Waals surface area (Å²) < 4.78 is 12.9. The molecule has 0 saturated heterocycles. The molecular formula is C18H40O3Si2. The fraction of sp³-hybridized carbons (Fsp3) is 1.00. The average Bonchev–Trinajstić information content (AvgIpc) is 3.06. The summed E-state index contributed by atoms with van der Waals surface area (Å²) in [5.74, 6) is 0.344. The van der Waals surface area contributed by atoms with E-state index in [1.165, 1.54) is 0 Å². The molecule has 138 valence electrons. The maximum Gasteiger partial charge on any atom is 0.192 e. The van der Waals surface area contributed by atoms with Crippen molar-refractivity contribution in [1.82, 2.24) is 0 Å². The van der Waals surface area contributed by atoms with Gasteiger partial charge in [-0.25, -0.2) is 0 Å². The van der Waals surface area contributed by atoms with E-state index in [0.717, 1.165) is 19.6 Å². The summed E-state index contributed by atoms with van der Waals surface area (Å²) in [4.78, 5) is 0. The highest BCUT2D eigenvalue weighted by Crippen LogP contribution is 2.54. The van der Waals surface area contributed by atoms with Crippen LogP contribution in [0.5, 0.6) is 0 Å². The van der Waals surface area contributed by atoms with Gasteiger partial charge in [0, 0.05) is 25.2 Å². The van der Waals surface area contributed by atoms with Gasteiger partial charge >= 0.3 is 0 Å². The number of aliphatic hydroxyl groups is 1. The molecule has 1 N–H and O–H groups in total. The van der Waals surface area contributed by atoms with Crippen LogP contribution in [0.4, 0.5) is 0 Å². The van der Waals surface area contributed by atoms with Crippen molar-refractivity contribution in [3.8, 4) is 0 Å². The van der Waals surface area contributed by atoms with Crippen molar-refractivity contribution in [3.05, 3.63) is 0 Å². The largest absolute Gasteiger partial charge is 0.416 e. The van der Waals surface area contributed by atoms with Crippen molar-refractivity contribution in [1.29, 1.82) is 0 Å². The smallest absolute Gasteiger partial charge is 0.192 e. The molecule has 5 heteroatoms. The Morgan fingerprint density at radius 2 is 1.22 bits per heavy atom. The van der Waals surface area contributed by atoms with Crippen LogP contribution in [0.1, 0.15) is 48.0 Å². The molecule has 1 atom stereocenters. The molecule has 0 unspecified atom stereocenters. The van der Waals surface area contributed by atoms with Gasteiger partial charge in [-0.2, -0.15) is 0 Å². The lowest BCUT2D eigenvalue weighted by Gasteiger charge is -2.40. The zero-order chi connectivity index (χ0) is 18.3. The van der Waals surface area contributed by atoms with Crippen LogP contribution < -0.4 is 0 Å². The third-order valence-electron chi connectivity index (χ3n) is 6.63. The molecule has 1 saturated carbocycles. The lowest BCUT2D eigenvalue weighted by molar-refractivity contribution is 0.116. The molecule has 1 rings (SSSR count). The maximum absolute atomic E-state index is 9.63. The predicted octanol–water partition coefficient (Wildman–Crippen LogP) is 5.03. The first kappa shape index (κ1) is 21.4. The summed E-state index contributed by atoms with van der Waals surface area (Å²) >= 11 is 0. The second-order valence-electron chi connectivity index (χ2n) is 10.5. The molecule has 0 radical (unpaired) electrons. The van der Waals surface area contributed by atoms with Crippen molar-refractivity contribution in [2.75, 3.05) is 19.8 Å². The van der Waals surface area contributed by atoms with E-state index in [0.29, 0.717) is 5.92 Å². The summed E-state index contributed by atoms with van der Waals surface area (Å²) in [5.41, 5.74) is 0.0415. The van der Waals surface area contributed by atoms with Crippen LogP contribution in [-0.2, 0) is 8.85 Å². The van der Waals surface area contributed by atoms with E-state index >= 15 is 0 Å². The minimum absolute atomic E-state index is 0.0415. The Morgan fingerprint density at radius 3 is 1.43 bits per heavy atom. The lowest BCUT2D eigenvalue weighted by atomic mass is 10.1. The monoisotopic (exact) mass is 360 g/mol. The highest BCUT2D eigenvalue weighted by Gasteiger charge is 2.56. The molecule has 0 bridgehead atoms. The van der Waals surface area contributed by atoms with E-state index in [1.807, 2.05) is 0 Å². The molecule has 0 aromatic heterocycles. The first-order chi connectivity index (χ1) is 10.1. The molecule has 1 aliphatic rings. The number of aliphatic hydroxyl groups excluding tert-OH is 1. The molecule has 23 heavy (non-hydrogen) atoms. The minimum Gasteiger partial charge on any atom is -0.416 e. The maximum atomic E-state index is 9.63. The summed E-state index contributed by atoms with van der Waals surface area (Å²) in [6.45, 7) is 24.6. The molecular weight excluding hydrogens is 320 g/mol. The highest BCUT2D eigenvalue weighted by molar-refractivity contribution is 6.74. The van der Waals surface area contributed by atoms with Crippen molar-refractivity contribution in [2.24, 2.45) is 11.3 Å². The first-order valence-electron chi connectivity index (χ1n) is 8.97. The van der Waals surface area contributed by atoms with Crippen LogP contribution in [0.15, 0.2) is 0 Å². The van der Waals surface area contributed by atoms with Gasteiger partial charge in [0.2, 0.25) is 0 Å². The summed E-state index contributed by atoms with van der Waals surface area (Å²) in [6, 6.07) is 0. The molecule has 1 fully saturated rings. The van der Waals surface area contributed by atoms with Crippen molar-refractivity contribution in [3.63, 3.8) is 0 Å². The van der Waals surface area contributed by atoms with Crippen molar-refractivity contribution >= 4 is 16.6 Å². The van der Waals surface area contributed by atoms with Gasteiger partial charge in [-0.15, -0.1) is 0 Å². The van der Waals surface area contributed by atoms with Gasteiger partial charge in [-0.1, -0.05) is 41.5 Å². The molecule has 0 aromatic rings. The number of rotatable bonds is 7. The average molecular weight is 361 g/mol. The normalized spacial score (nSPS) is 22.3. The summed E-state index contributed by atoms with van der Waals surface area (Å²) in [7, 11) is -3.51. The van der Waals surface area contributed by atoms with Crippen LogP contribution >= 0.6 is 0 Å². The molecule has 0 aliphatic heterocycles. The van der Waals surface area contributed by atoms with Gasteiger partial charge in [-0.05, 0) is 48.6 Å². The molecule has 3 nitrogen and oxygen atoms in total. The van der Waals surface area contributed by atoms with E-state index in [-0.39, 0.29) is 22.1 Å². The van der Waals surface area contributed by atoms with Crippen molar-refractivity contribution < 1.29 is 14.0 Å². The Bertz CT molecular complexity index is 375. The summed E-state index contributed by atoms with van der Waals surface area (Å²) in [5, 5.41) is 10.1. The Morgan fingerprint density at radius 1 is 0.870 bits per heavy atom. The van der Waals surface area contributed by atoms with Gasteiger partial charge in [-0.3, -0.25) is 0 Å². The highest BCUT2D eigenvalue weighted by atomic mass is 28.4. The SMILES string of the molecule is CC(C)(C)[Si](C)(C)OCC1(CO[Si](C)(C)C(C)(C)C)C[C@H]1CO. The van der Waals surface area contributed by atoms with E-state index < -0.39 is 16.6 Å². The third kappa shape index (κ3) is 4.91. The summed E-state index contributed by atoms with van der Waals surface area (Å²) in [6.07, 6.45) is 1.03. The van der Waals surface area contributed by atoms with Crippen LogP contribution in [0.2, 0.25) is 36.3 Å². The van der Waals surface area contributed by atoms with E-state index in [2.05, 4.69) is 67.7 Å². The standard InChI is InChI=1S/C18H40O3Si2/c1-16(2,3)22(7,8)20-13-18(11-15(18)12-19)14-21-23(9,10)17(4,5)6/h15,19H,11-14H2,1-10H3/t15-/m0/s1. The predicted molar refractivity (Wildman–Crippen MR) is 104 cm³/mol. The van der Waals surface area contributed by atoms with Crippen molar-refractivity contribution in [2.45, 2.75) is 84.2 Å². The Kier molecular flexibility index (Phi) is 6.09. The van der Waals surface area contributed by atoms with Gasteiger partial charge in [0.1, 0.15) is 0 Å². The van der Waals surface area contributed by atoms with Crippen LogP contribution in [0.25, 0.3) is 0 Å². The van der Waals surface area contributed by atoms with Gasteiger partial charge in [0.25, 0.3) is 0 Å². The van der Waals surface area contributed by atoms with Crippen LogP contribution in [0, 0.1) is 11.3 Å². The van der Waals surface area contributed by atoms with Gasteiger partial charge < -0.3 is 14.0 Å². The lowest BCUT2D eigenvalue weighted by Crippen LogP contribution is -2.45. The Hall–Kier alpha value is 0.314.